The summed E-state index contributed by atoms with van der Waals surface area (Å²) in [5.41, 5.74) is 1.85. The summed E-state index contributed by atoms with van der Waals surface area (Å²) >= 11 is 5.94. The zero-order chi connectivity index (χ0) is 19.6. The molecule has 0 unspecified atom stereocenters. The number of carbonyl (C=O) groups excluding carboxylic acids is 2. The lowest BCUT2D eigenvalue weighted by molar-refractivity contribution is -0.384. The molecule has 0 saturated carbocycles. The molecule has 1 heterocycles. The smallest absolute Gasteiger partial charge is 0.340 e. The fourth-order valence-corrected chi connectivity index (χ4v) is 3.19. The van der Waals surface area contributed by atoms with Crippen LogP contribution in [0.15, 0.2) is 42.5 Å². The molecule has 0 aliphatic carbocycles. The maximum Gasteiger partial charge on any atom is 0.340 e. The van der Waals surface area contributed by atoms with Gasteiger partial charge >= 0.3 is 5.97 Å². The summed E-state index contributed by atoms with van der Waals surface area (Å²) in [6.07, 6.45) is -0.294. The Balaban J connectivity index is 1.69. The van der Waals surface area contributed by atoms with Crippen molar-refractivity contribution in [1.82, 2.24) is 4.90 Å². The number of nitrogens with zero attached hydrogens (tertiary/aromatic N) is 2. The quantitative estimate of drug-likeness (QED) is 0.455. The lowest BCUT2D eigenvalue weighted by Gasteiger charge is -2.30. The molecule has 0 bridgehead atoms. The number of benzene rings is 2. The fraction of sp³-hybridized carbons (Fsp3) is 0.263. The van der Waals surface area contributed by atoms with Gasteiger partial charge in [-0.05, 0) is 30.5 Å². The number of halogens is 1. The molecule has 1 aliphatic rings. The van der Waals surface area contributed by atoms with Crippen molar-refractivity contribution < 1.29 is 19.2 Å². The molecule has 0 fully saturated rings. The van der Waals surface area contributed by atoms with Gasteiger partial charge in [-0.1, -0.05) is 35.9 Å². The number of nitro benzene ring substituents is 1. The monoisotopic (exact) mass is 388 g/mol. The minimum atomic E-state index is -1.03. The second-order valence-electron chi connectivity index (χ2n) is 6.25. The van der Waals surface area contributed by atoms with Crippen LogP contribution in [-0.4, -0.2) is 34.3 Å². The standard InChI is InChI=1S/C19H17ClN2O5/c1-12(18(23)21-9-8-13-4-2-3-5-14(13)11-21)27-19(24)16-10-15(22(25)26)6-7-17(16)20/h2-7,10,12H,8-9,11H2,1H3/t12-/m1/s1. The summed E-state index contributed by atoms with van der Waals surface area (Å²) < 4.78 is 5.22. The Morgan fingerprint density at radius 2 is 1.93 bits per heavy atom. The minimum Gasteiger partial charge on any atom is -0.449 e. The number of amides is 1. The van der Waals surface area contributed by atoms with Crippen LogP contribution in [0.25, 0.3) is 0 Å². The lowest BCUT2D eigenvalue weighted by Crippen LogP contribution is -2.42. The Bertz CT molecular complexity index is 915. The third-order valence-corrected chi connectivity index (χ3v) is 4.78. The molecule has 0 N–H and O–H groups in total. The van der Waals surface area contributed by atoms with Crippen LogP contribution in [0.3, 0.4) is 0 Å². The predicted octanol–water partition coefficient (Wildman–Crippen LogP) is 3.38. The topological polar surface area (TPSA) is 89.7 Å². The van der Waals surface area contributed by atoms with Crippen LogP contribution in [0.1, 0.15) is 28.4 Å². The normalized spacial score (nSPS) is 14.2. The summed E-state index contributed by atoms with van der Waals surface area (Å²) in [7, 11) is 0. The number of ether oxygens (including phenoxy) is 1. The van der Waals surface area contributed by atoms with E-state index in [1.807, 2.05) is 24.3 Å². The van der Waals surface area contributed by atoms with E-state index in [0.717, 1.165) is 18.1 Å². The average molecular weight is 389 g/mol. The summed E-state index contributed by atoms with van der Waals surface area (Å²) in [4.78, 5) is 36.9. The molecule has 7 nitrogen and oxygen atoms in total. The third kappa shape index (κ3) is 4.09. The number of nitro groups is 1. The molecule has 0 spiro atoms. The molecule has 1 amide bonds. The van der Waals surface area contributed by atoms with Crippen LogP contribution in [0.4, 0.5) is 5.69 Å². The number of fused-ring (bicyclic) bond motifs is 1. The molecule has 1 aliphatic heterocycles. The fourth-order valence-electron chi connectivity index (χ4n) is 3.00. The average Bonchev–Trinajstić information content (AvgIpc) is 2.66. The van der Waals surface area contributed by atoms with Crippen molar-refractivity contribution in [3.05, 3.63) is 74.3 Å². The Morgan fingerprint density at radius 3 is 2.63 bits per heavy atom. The molecule has 0 radical (unpaired) electrons. The van der Waals surface area contributed by atoms with E-state index in [2.05, 4.69) is 0 Å². The van der Waals surface area contributed by atoms with Crippen molar-refractivity contribution in [2.75, 3.05) is 6.54 Å². The highest BCUT2D eigenvalue weighted by Crippen LogP contribution is 2.24. The van der Waals surface area contributed by atoms with Crippen molar-refractivity contribution in [2.45, 2.75) is 26.0 Å². The first-order chi connectivity index (χ1) is 12.9. The number of carbonyl (C=O) groups is 2. The van der Waals surface area contributed by atoms with Crippen molar-refractivity contribution in [2.24, 2.45) is 0 Å². The zero-order valence-electron chi connectivity index (χ0n) is 14.6. The first-order valence-corrected chi connectivity index (χ1v) is 8.75. The Hall–Kier alpha value is -2.93. The summed E-state index contributed by atoms with van der Waals surface area (Å²) in [6.45, 7) is 2.47. The van der Waals surface area contributed by atoms with Gasteiger partial charge < -0.3 is 9.64 Å². The van der Waals surface area contributed by atoms with E-state index in [4.69, 9.17) is 16.3 Å². The predicted molar refractivity (Wildman–Crippen MR) is 98.5 cm³/mol. The lowest BCUT2D eigenvalue weighted by atomic mass is 9.99. The molecule has 0 aromatic heterocycles. The SMILES string of the molecule is C[C@@H](OC(=O)c1cc([N+](=O)[O-])ccc1Cl)C(=O)N1CCc2ccccc2C1. The Morgan fingerprint density at radius 1 is 1.22 bits per heavy atom. The van der Waals surface area contributed by atoms with E-state index >= 15 is 0 Å². The van der Waals surface area contributed by atoms with Crippen LogP contribution >= 0.6 is 11.6 Å². The first kappa shape index (κ1) is 18.8. The van der Waals surface area contributed by atoms with Crippen LogP contribution in [0.5, 0.6) is 0 Å². The molecular formula is C19H17ClN2O5. The maximum absolute atomic E-state index is 12.6. The number of non-ortho nitro benzene ring substituents is 1. The highest BCUT2D eigenvalue weighted by Gasteiger charge is 2.28. The molecule has 0 saturated heterocycles. The molecule has 1 atom stereocenters. The van der Waals surface area contributed by atoms with Gasteiger partial charge in [0.1, 0.15) is 0 Å². The molecule has 2 aromatic rings. The van der Waals surface area contributed by atoms with E-state index in [1.54, 1.807) is 4.90 Å². The summed E-state index contributed by atoms with van der Waals surface area (Å²) in [5.74, 6) is -1.19. The second-order valence-corrected chi connectivity index (χ2v) is 6.65. The van der Waals surface area contributed by atoms with Crippen LogP contribution in [-0.2, 0) is 22.5 Å². The van der Waals surface area contributed by atoms with Gasteiger partial charge in [0.25, 0.3) is 11.6 Å². The zero-order valence-corrected chi connectivity index (χ0v) is 15.3. The van der Waals surface area contributed by atoms with Gasteiger partial charge in [0.2, 0.25) is 0 Å². The van der Waals surface area contributed by atoms with Crippen LogP contribution in [0, 0.1) is 10.1 Å². The van der Waals surface area contributed by atoms with Crippen LogP contribution < -0.4 is 0 Å². The molecule has 2 aromatic carbocycles. The summed E-state index contributed by atoms with van der Waals surface area (Å²) in [6, 6.07) is 11.4. The van der Waals surface area contributed by atoms with Gasteiger partial charge in [0.15, 0.2) is 6.10 Å². The van der Waals surface area contributed by atoms with Gasteiger partial charge in [-0.15, -0.1) is 0 Å². The Labute approximate surface area is 160 Å². The van der Waals surface area contributed by atoms with Crippen molar-refractivity contribution in [1.29, 1.82) is 0 Å². The highest BCUT2D eigenvalue weighted by molar-refractivity contribution is 6.33. The second kappa shape index (κ2) is 7.75. The molecule has 3 rings (SSSR count). The van der Waals surface area contributed by atoms with E-state index in [1.165, 1.54) is 24.6 Å². The molecule has 27 heavy (non-hydrogen) atoms. The van der Waals surface area contributed by atoms with Crippen LogP contribution in [0.2, 0.25) is 5.02 Å². The van der Waals surface area contributed by atoms with Gasteiger partial charge in [0.05, 0.1) is 15.5 Å². The molecule has 8 heteroatoms. The van der Waals surface area contributed by atoms with Crippen molar-refractivity contribution in [3.63, 3.8) is 0 Å². The number of esters is 1. The van der Waals surface area contributed by atoms with Crippen molar-refractivity contribution in [3.8, 4) is 0 Å². The van der Waals surface area contributed by atoms with Gasteiger partial charge in [-0.3, -0.25) is 14.9 Å². The minimum absolute atomic E-state index is 0.0251. The van der Waals surface area contributed by atoms with Crippen molar-refractivity contribution >= 4 is 29.2 Å². The van der Waals surface area contributed by atoms with Gasteiger partial charge in [-0.2, -0.15) is 0 Å². The first-order valence-electron chi connectivity index (χ1n) is 8.37. The van der Waals surface area contributed by atoms with E-state index in [-0.39, 0.29) is 22.2 Å². The summed E-state index contributed by atoms with van der Waals surface area (Å²) in [5, 5.41) is 10.9. The number of rotatable bonds is 4. The maximum atomic E-state index is 12.6. The van der Waals surface area contributed by atoms with E-state index in [9.17, 15) is 19.7 Å². The third-order valence-electron chi connectivity index (χ3n) is 4.45. The molecular weight excluding hydrogens is 372 g/mol. The molecule has 140 valence electrons. The van der Waals surface area contributed by atoms with E-state index < -0.39 is 17.0 Å². The number of hydrogen-bond donors (Lipinski definition) is 0. The Kier molecular flexibility index (Phi) is 5.41. The van der Waals surface area contributed by atoms with Gasteiger partial charge in [0, 0.05) is 25.2 Å². The van der Waals surface area contributed by atoms with E-state index in [0.29, 0.717) is 13.1 Å². The van der Waals surface area contributed by atoms with Gasteiger partial charge in [-0.25, -0.2) is 4.79 Å². The number of hydrogen-bond acceptors (Lipinski definition) is 5. The largest absolute Gasteiger partial charge is 0.449 e. The highest BCUT2D eigenvalue weighted by atomic mass is 35.5.